The van der Waals surface area contributed by atoms with E-state index in [1.54, 1.807) is 0 Å². The molecule has 0 fully saturated rings. The molecule has 2 rings (SSSR count). The fourth-order valence-electron chi connectivity index (χ4n) is 1.82. The Bertz CT molecular complexity index is 525. The molecule has 0 unspecified atom stereocenters. The molecule has 2 aromatic rings. The molecule has 0 heterocycles. The zero-order chi connectivity index (χ0) is 12.3. The Kier molecular flexibility index (Phi) is 3.79. The summed E-state index contributed by atoms with van der Waals surface area (Å²) < 4.78 is 0. The Hall–Kier alpha value is -1.35. The number of aliphatic hydroxyl groups is 1. The number of hydrogen-bond donors (Lipinski definition) is 2. The molecule has 17 heavy (non-hydrogen) atoms. The summed E-state index contributed by atoms with van der Waals surface area (Å²) in [5.41, 5.74) is 9.32. The lowest BCUT2D eigenvalue weighted by Gasteiger charge is -2.10. The predicted molar refractivity (Wildman–Crippen MR) is 70.7 cm³/mol. The Balaban J connectivity index is 2.53. The third kappa shape index (κ3) is 2.50. The van der Waals surface area contributed by atoms with Crippen molar-refractivity contribution in [2.75, 3.05) is 0 Å². The van der Waals surface area contributed by atoms with Crippen molar-refractivity contribution in [2.24, 2.45) is 5.73 Å². The first-order valence-corrected chi connectivity index (χ1v) is 5.81. The van der Waals surface area contributed by atoms with Gasteiger partial charge < -0.3 is 10.8 Å². The maximum atomic E-state index is 9.31. The van der Waals surface area contributed by atoms with E-state index in [1.807, 2.05) is 42.5 Å². The van der Waals surface area contributed by atoms with Gasteiger partial charge in [0.1, 0.15) is 0 Å². The molecule has 0 aromatic heterocycles. The highest BCUT2D eigenvalue weighted by molar-refractivity contribution is 6.33. The van der Waals surface area contributed by atoms with Crippen molar-refractivity contribution in [1.29, 1.82) is 0 Å². The third-order valence-electron chi connectivity index (χ3n) is 2.75. The Morgan fingerprint density at radius 3 is 2.47 bits per heavy atom. The van der Waals surface area contributed by atoms with E-state index in [1.165, 1.54) is 0 Å². The summed E-state index contributed by atoms with van der Waals surface area (Å²) in [5.74, 6) is 0. The van der Waals surface area contributed by atoms with Gasteiger partial charge in [0.15, 0.2) is 0 Å². The minimum absolute atomic E-state index is 0.00510. The second-order valence-electron chi connectivity index (χ2n) is 3.83. The average Bonchev–Trinajstić information content (AvgIpc) is 2.38. The molecule has 88 valence electrons. The lowest BCUT2D eigenvalue weighted by Crippen LogP contribution is -1.96. The SMILES string of the molecule is NCc1ccc(-c2ccccc2CO)c(Cl)c1. The predicted octanol–water partition coefficient (Wildman–Crippen LogP) is 2.96. The van der Waals surface area contributed by atoms with Gasteiger partial charge in [0.05, 0.1) is 6.61 Å². The number of aliphatic hydroxyl groups excluding tert-OH is 1. The van der Waals surface area contributed by atoms with Gasteiger partial charge in [-0.3, -0.25) is 0 Å². The lowest BCUT2D eigenvalue weighted by molar-refractivity contribution is 0.282. The molecule has 0 amide bonds. The van der Waals surface area contributed by atoms with Crippen molar-refractivity contribution in [3.63, 3.8) is 0 Å². The zero-order valence-corrected chi connectivity index (χ0v) is 10.1. The van der Waals surface area contributed by atoms with Crippen molar-refractivity contribution in [1.82, 2.24) is 0 Å². The molecule has 3 heteroatoms. The van der Waals surface area contributed by atoms with Crippen LogP contribution in [-0.2, 0) is 13.2 Å². The van der Waals surface area contributed by atoms with Crippen molar-refractivity contribution < 1.29 is 5.11 Å². The van der Waals surface area contributed by atoms with Gasteiger partial charge in [0.2, 0.25) is 0 Å². The van der Waals surface area contributed by atoms with E-state index in [0.717, 1.165) is 22.3 Å². The van der Waals surface area contributed by atoms with E-state index in [0.29, 0.717) is 11.6 Å². The second-order valence-corrected chi connectivity index (χ2v) is 4.24. The molecule has 0 saturated heterocycles. The molecule has 0 radical (unpaired) electrons. The van der Waals surface area contributed by atoms with Gasteiger partial charge in [0, 0.05) is 17.1 Å². The largest absolute Gasteiger partial charge is 0.392 e. The Labute approximate surface area is 106 Å². The highest BCUT2D eigenvalue weighted by Gasteiger charge is 2.07. The van der Waals surface area contributed by atoms with Crippen LogP contribution in [0.25, 0.3) is 11.1 Å². The summed E-state index contributed by atoms with van der Waals surface area (Å²) in [7, 11) is 0. The van der Waals surface area contributed by atoms with Gasteiger partial charge >= 0.3 is 0 Å². The Morgan fingerprint density at radius 2 is 1.82 bits per heavy atom. The van der Waals surface area contributed by atoms with E-state index < -0.39 is 0 Å². The highest BCUT2D eigenvalue weighted by atomic mass is 35.5. The normalized spacial score (nSPS) is 10.5. The van der Waals surface area contributed by atoms with Crippen LogP contribution in [0, 0.1) is 0 Å². The maximum Gasteiger partial charge on any atom is 0.0687 e. The molecule has 2 nitrogen and oxygen atoms in total. The van der Waals surface area contributed by atoms with Crippen LogP contribution in [0.2, 0.25) is 5.02 Å². The summed E-state index contributed by atoms with van der Waals surface area (Å²) in [5, 5.41) is 9.97. The quantitative estimate of drug-likeness (QED) is 0.876. The Morgan fingerprint density at radius 1 is 1.06 bits per heavy atom. The van der Waals surface area contributed by atoms with Crippen LogP contribution in [-0.4, -0.2) is 5.11 Å². The van der Waals surface area contributed by atoms with Crippen LogP contribution < -0.4 is 5.73 Å². The first-order chi connectivity index (χ1) is 8.26. The fourth-order valence-corrected chi connectivity index (χ4v) is 2.13. The molecule has 0 spiro atoms. The maximum absolute atomic E-state index is 9.31. The fraction of sp³-hybridized carbons (Fsp3) is 0.143. The third-order valence-corrected chi connectivity index (χ3v) is 3.06. The second kappa shape index (κ2) is 5.32. The molecule has 2 aromatic carbocycles. The van der Waals surface area contributed by atoms with E-state index >= 15 is 0 Å². The molecule has 0 aliphatic rings. The first kappa shape index (κ1) is 12.1. The van der Waals surface area contributed by atoms with Crippen LogP contribution in [0.5, 0.6) is 0 Å². The van der Waals surface area contributed by atoms with Crippen molar-refractivity contribution >= 4 is 11.6 Å². The van der Waals surface area contributed by atoms with Crippen molar-refractivity contribution in [3.05, 3.63) is 58.6 Å². The average molecular weight is 248 g/mol. The van der Waals surface area contributed by atoms with Crippen LogP contribution >= 0.6 is 11.6 Å². The minimum Gasteiger partial charge on any atom is -0.392 e. The molecule has 0 aliphatic heterocycles. The van der Waals surface area contributed by atoms with Crippen molar-refractivity contribution in [2.45, 2.75) is 13.2 Å². The van der Waals surface area contributed by atoms with Gasteiger partial charge in [-0.05, 0) is 22.8 Å². The minimum atomic E-state index is 0.00510. The smallest absolute Gasteiger partial charge is 0.0687 e. The lowest BCUT2D eigenvalue weighted by atomic mass is 9.99. The van der Waals surface area contributed by atoms with E-state index in [4.69, 9.17) is 17.3 Å². The number of halogens is 1. The number of nitrogens with two attached hydrogens (primary N) is 1. The molecular formula is C14H14ClNO. The summed E-state index contributed by atoms with van der Waals surface area (Å²) >= 11 is 6.23. The number of rotatable bonds is 3. The summed E-state index contributed by atoms with van der Waals surface area (Å²) in [6, 6.07) is 13.4. The molecule has 0 atom stereocenters. The number of hydrogen-bond acceptors (Lipinski definition) is 2. The summed E-state index contributed by atoms with van der Waals surface area (Å²) in [6.45, 7) is 0.479. The van der Waals surface area contributed by atoms with Crippen LogP contribution in [0.3, 0.4) is 0 Å². The van der Waals surface area contributed by atoms with Crippen LogP contribution in [0.15, 0.2) is 42.5 Å². The molecule has 0 saturated carbocycles. The first-order valence-electron chi connectivity index (χ1n) is 5.44. The van der Waals surface area contributed by atoms with Crippen LogP contribution in [0.4, 0.5) is 0 Å². The van der Waals surface area contributed by atoms with Crippen LogP contribution in [0.1, 0.15) is 11.1 Å². The summed E-state index contributed by atoms with van der Waals surface area (Å²) in [6.07, 6.45) is 0. The van der Waals surface area contributed by atoms with Crippen molar-refractivity contribution in [3.8, 4) is 11.1 Å². The zero-order valence-electron chi connectivity index (χ0n) is 9.36. The van der Waals surface area contributed by atoms with Gasteiger partial charge in [-0.1, -0.05) is 48.0 Å². The standard InChI is InChI=1S/C14H14ClNO/c15-14-7-10(8-16)5-6-13(14)12-4-2-1-3-11(12)9-17/h1-7,17H,8-9,16H2. The monoisotopic (exact) mass is 247 g/mol. The van der Waals surface area contributed by atoms with Gasteiger partial charge in [-0.25, -0.2) is 0 Å². The van der Waals surface area contributed by atoms with E-state index in [9.17, 15) is 5.11 Å². The molecule has 0 bridgehead atoms. The number of benzene rings is 2. The van der Waals surface area contributed by atoms with Gasteiger partial charge in [0.25, 0.3) is 0 Å². The van der Waals surface area contributed by atoms with Gasteiger partial charge in [-0.15, -0.1) is 0 Å². The topological polar surface area (TPSA) is 46.2 Å². The van der Waals surface area contributed by atoms with E-state index in [-0.39, 0.29) is 6.61 Å². The highest BCUT2D eigenvalue weighted by Crippen LogP contribution is 2.31. The molecule has 0 aliphatic carbocycles. The molecular weight excluding hydrogens is 234 g/mol. The summed E-state index contributed by atoms with van der Waals surface area (Å²) in [4.78, 5) is 0. The molecule has 3 N–H and O–H groups in total. The van der Waals surface area contributed by atoms with E-state index in [2.05, 4.69) is 0 Å². The van der Waals surface area contributed by atoms with Gasteiger partial charge in [-0.2, -0.15) is 0 Å².